The van der Waals surface area contributed by atoms with Gasteiger partial charge in [0, 0.05) is 17.1 Å². The number of fused-ring (bicyclic) bond motifs is 1. The fourth-order valence-corrected chi connectivity index (χ4v) is 2.03. The van der Waals surface area contributed by atoms with Gasteiger partial charge in [0.25, 0.3) is 0 Å². The van der Waals surface area contributed by atoms with Crippen molar-refractivity contribution in [2.75, 3.05) is 0 Å². The van der Waals surface area contributed by atoms with Gasteiger partial charge in [-0.1, -0.05) is 18.2 Å². The minimum Gasteiger partial charge on any atom is -0.447 e. The van der Waals surface area contributed by atoms with E-state index in [0.717, 1.165) is 10.9 Å². The van der Waals surface area contributed by atoms with E-state index in [9.17, 15) is 5.11 Å². The molecule has 0 radical (unpaired) electrons. The topological polar surface area (TPSA) is 46.3 Å². The van der Waals surface area contributed by atoms with Crippen LogP contribution in [0.15, 0.2) is 53.1 Å². The number of hydrogen-bond acceptors (Lipinski definition) is 3. The number of aliphatic hydroxyl groups excluding tert-OH is 1. The molecule has 0 saturated carbocycles. The molecule has 3 aromatic rings. The number of hydrogen-bond donors (Lipinski definition) is 1. The predicted octanol–water partition coefficient (Wildman–Crippen LogP) is 3.56. The Morgan fingerprint density at radius 3 is 2.78 bits per heavy atom. The van der Waals surface area contributed by atoms with Crippen LogP contribution in [0.3, 0.4) is 0 Å². The zero-order valence-electron chi connectivity index (χ0n) is 9.38. The second-order valence-corrected chi connectivity index (χ2v) is 4.38. The predicted molar refractivity (Wildman–Crippen MR) is 69.5 cm³/mol. The van der Waals surface area contributed by atoms with Gasteiger partial charge in [-0.05, 0) is 35.9 Å². The van der Waals surface area contributed by atoms with Crippen molar-refractivity contribution in [2.45, 2.75) is 6.10 Å². The summed E-state index contributed by atoms with van der Waals surface area (Å²) in [4.78, 5) is 4.30. The summed E-state index contributed by atoms with van der Waals surface area (Å²) in [5.74, 6) is 0.414. The third kappa shape index (κ3) is 1.98. The lowest BCUT2D eigenvalue weighted by molar-refractivity contribution is 0.189. The smallest absolute Gasteiger partial charge is 0.193 e. The second kappa shape index (κ2) is 4.44. The summed E-state index contributed by atoms with van der Waals surface area (Å²) < 4.78 is 5.20. The van der Waals surface area contributed by atoms with Gasteiger partial charge >= 0.3 is 0 Å². The molecule has 0 bridgehead atoms. The van der Waals surface area contributed by atoms with E-state index in [2.05, 4.69) is 4.98 Å². The molecule has 0 saturated heterocycles. The molecule has 0 spiro atoms. The van der Waals surface area contributed by atoms with Crippen LogP contribution in [0.1, 0.15) is 17.4 Å². The van der Waals surface area contributed by atoms with E-state index in [4.69, 9.17) is 16.0 Å². The highest BCUT2D eigenvalue weighted by Gasteiger charge is 2.15. The van der Waals surface area contributed by atoms with Crippen molar-refractivity contribution < 1.29 is 9.52 Å². The van der Waals surface area contributed by atoms with Gasteiger partial charge in [-0.3, -0.25) is 4.98 Å². The van der Waals surface area contributed by atoms with Crippen molar-refractivity contribution in [3.63, 3.8) is 0 Å². The number of benzene rings is 1. The minimum absolute atomic E-state index is 0.262. The maximum atomic E-state index is 10.2. The monoisotopic (exact) mass is 259 g/mol. The Kier molecular flexibility index (Phi) is 2.78. The van der Waals surface area contributed by atoms with Gasteiger partial charge in [-0.2, -0.15) is 0 Å². The van der Waals surface area contributed by atoms with E-state index < -0.39 is 6.10 Å². The van der Waals surface area contributed by atoms with E-state index in [-0.39, 0.29) is 5.22 Å². The molecule has 3 rings (SSSR count). The molecule has 4 heteroatoms. The molecule has 1 unspecified atom stereocenters. The van der Waals surface area contributed by atoms with Crippen molar-refractivity contribution >= 4 is 22.5 Å². The number of halogens is 1. The first-order chi connectivity index (χ1) is 8.74. The fourth-order valence-electron chi connectivity index (χ4n) is 1.88. The fraction of sp³-hybridized carbons (Fsp3) is 0.0714. The van der Waals surface area contributed by atoms with E-state index in [0.29, 0.717) is 11.3 Å². The van der Waals surface area contributed by atoms with E-state index in [1.807, 2.05) is 30.3 Å². The number of para-hydroxylation sites is 1. The van der Waals surface area contributed by atoms with Gasteiger partial charge in [0.1, 0.15) is 11.9 Å². The molecule has 2 aromatic heterocycles. The van der Waals surface area contributed by atoms with Gasteiger partial charge in [0.05, 0.1) is 5.52 Å². The highest BCUT2D eigenvalue weighted by atomic mass is 35.5. The van der Waals surface area contributed by atoms with Crippen molar-refractivity contribution in [2.24, 2.45) is 0 Å². The molecule has 90 valence electrons. The quantitative estimate of drug-likeness (QED) is 0.765. The summed E-state index contributed by atoms with van der Waals surface area (Å²) in [7, 11) is 0. The average molecular weight is 260 g/mol. The summed E-state index contributed by atoms with van der Waals surface area (Å²) in [6, 6.07) is 12.9. The molecule has 1 N–H and O–H groups in total. The maximum Gasteiger partial charge on any atom is 0.193 e. The van der Waals surface area contributed by atoms with Crippen molar-refractivity contribution in [3.05, 3.63) is 65.2 Å². The lowest BCUT2D eigenvalue weighted by Crippen LogP contribution is -1.98. The maximum absolute atomic E-state index is 10.2. The summed E-state index contributed by atoms with van der Waals surface area (Å²) in [6.07, 6.45) is 0.790. The van der Waals surface area contributed by atoms with Crippen LogP contribution in [0.25, 0.3) is 10.9 Å². The molecule has 0 fully saturated rings. The van der Waals surface area contributed by atoms with Gasteiger partial charge in [-0.15, -0.1) is 0 Å². The van der Waals surface area contributed by atoms with Crippen LogP contribution in [0.5, 0.6) is 0 Å². The molecule has 1 aromatic carbocycles. The summed E-state index contributed by atoms with van der Waals surface area (Å²) in [5.41, 5.74) is 1.57. The third-order valence-electron chi connectivity index (χ3n) is 2.79. The van der Waals surface area contributed by atoms with Gasteiger partial charge in [-0.25, -0.2) is 0 Å². The van der Waals surface area contributed by atoms with Gasteiger partial charge < -0.3 is 9.52 Å². The summed E-state index contributed by atoms with van der Waals surface area (Å²) in [5, 5.41) is 11.4. The largest absolute Gasteiger partial charge is 0.447 e. The van der Waals surface area contributed by atoms with Crippen LogP contribution in [0, 0.1) is 0 Å². The van der Waals surface area contributed by atoms with Crippen LogP contribution in [-0.4, -0.2) is 10.1 Å². The SMILES string of the molecule is OC(c1cnc2ccccc2c1)c1ccc(Cl)o1. The minimum atomic E-state index is -0.852. The van der Waals surface area contributed by atoms with Gasteiger partial charge in [0.15, 0.2) is 5.22 Å². The Morgan fingerprint density at radius 1 is 1.17 bits per heavy atom. The zero-order valence-corrected chi connectivity index (χ0v) is 10.1. The first-order valence-corrected chi connectivity index (χ1v) is 5.90. The molecule has 2 heterocycles. The molecule has 18 heavy (non-hydrogen) atoms. The van der Waals surface area contributed by atoms with Crippen LogP contribution in [-0.2, 0) is 0 Å². The molecule has 0 aliphatic rings. The van der Waals surface area contributed by atoms with E-state index in [1.165, 1.54) is 0 Å². The molecular weight excluding hydrogens is 250 g/mol. The summed E-state index contributed by atoms with van der Waals surface area (Å²) >= 11 is 5.69. The number of furan rings is 1. The second-order valence-electron chi connectivity index (χ2n) is 4.01. The number of nitrogens with zero attached hydrogens (tertiary/aromatic N) is 1. The van der Waals surface area contributed by atoms with Crippen molar-refractivity contribution in [1.29, 1.82) is 0 Å². The van der Waals surface area contributed by atoms with Gasteiger partial charge in [0.2, 0.25) is 0 Å². The van der Waals surface area contributed by atoms with E-state index in [1.54, 1.807) is 18.3 Å². The van der Waals surface area contributed by atoms with Crippen LogP contribution in [0.2, 0.25) is 5.22 Å². The standard InChI is InChI=1S/C14H10ClNO2/c15-13-6-5-12(18-13)14(17)10-7-9-3-1-2-4-11(9)16-8-10/h1-8,14,17H. The molecule has 0 aliphatic carbocycles. The Labute approximate surface area is 109 Å². The highest BCUT2D eigenvalue weighted by Crippen LogP contribution is 2.26. The van der Waals surface area contributed by atoms with Crippen molar-refractivity contribution in [3.8, 4) is 0 Å². The number of aromatic nitrogens is 1. The highest BCUT2D eigenvalue weighted by molar-refractivity contribution is 6.28. The zero-order chi connectivity index (χ0) is 12.5. The van der Waals surface area contributed by atoms with Crippen LogP contribution < -0.4 is 0 Å². The molecule has 1 atom stereocenters. The van der Waals surface area contributed by atoms with Crippen molar-refractivity contribution in [1.82, 2.24) is 4.98 Å². The Balaban J connectivity index is 2.03. The summed E-state index contributed by atoms with van der Waals surface area (Å²) in [6.45, 7) is 0. The molecule has 0 amide bonds. The first kappa shape index (κ1) is 11.3. The van der Waals surface area contributed by atoms with E-state index >= 15 is 0 Å². The normalized spacial score (nSPS) is 12.8. The first-order valence-electron chi connectivity index (χ1n) is 5.52. The Morgan fingerprint density at radius 2 is 2.00 bits per heavy atom. The average Bonchev–Trinajstić information content (AvgIpc) is 2.84. The Hall–Kier alpha value is -1.84. The molecular formula is C14H10ClNO2. The number of pyridine rings is 1. The molecule has 3 nitrogen and oxygen atoms in total. The lowest BCUT2D eigenvalue weighted by Gasteiger charge is -2.08. The third-order valence-corrected chi connectivity index (χ3v) is 2.99. The number of rotatable bonds is 2. The number of aliphatic hydroxyl groups is 1. The van der Waals surface area contributed by atoms with Crippen LogP contribution in [0.4, 0.5) is 0 Å². The lowest BCUT2D eigenvalue weighted by atomic mass is 10.1. The Bertz CT molecular complexity index is 693. The molecule has 0 aliphatic heterocycles. The van der Waals surface area contributed by atoms with Crippen LogP contribution >= 0.6 is 11.6 Å².